The summed E-state index contributed by atoms with van der Waals surface area (Å²) in [5.41, 5.74) is 1.73. The quantitative estimate of drug-likeness (QED) is 0.889. The van der Waals surface area contributed by atoms with E-state index in [1.807, 2.05) is 0 Å². The molecule has 21 heavy (non-hydrogen) atoms. The number of aryl methyl sites for hydroxylation is 1. The van der Waals surface area contributed by atoms with Gasteiger partial charge in [-0.25, -0.2) is 0 Å². The lowest BCUT2D eigenvalue weighted by Crippen LogP contribution is -2.70. The molecule has 1 N–H and O–H groups in total. The number of hydrogen-bond acceptors (Lipinski definition) is 2. The van der Waals surface area contributed by atoms with Gasteiger partial charge in [-0.15, -0.1) is 0 Å². The molecule has 0 aromatic heterocycles. The Kier molecular flexibility index (Phi) is 4.37. The number of hydrogen-bond donors (Lipinski definition) is 1. The Balaban J connectivity index is 1.51. The topological polar surface area (TPSA) is 21.3 Å². The van der Waals surface area contributed by atoms with Gasteiger partial charge >= 0.3 is 0 Å². The lowest BCUT2D eigenvalue weighted by molar-refractivity contribution is -0.194. The van der Waals surface area contributed by atoms with Crippen LogP contribution in [0.4, 0.5) is 0 Å². The van der Waals surface area contributed by atoms with Crippen molar-refractivity contribution in [3.8, 4) is 0 Å². The fourth-order valence-corrected chi connectivity index (χ4v) is 4.28. The smallest absolute Gasteiger partial charge is 0.0684 e. The van der Waals surface area contributed by atoms with Gasteiger partial charge in [-0.2, -0.15) is 0 Å². The molecule has 1 aromatic carbocycles. The van der Waals surface area contributed by atoms with Crippen molar-refractivity contribution >= 4 is 0 Å². The van der Waals surface area contributed by atoms with Crippen LogP contribution in [0.2, 0.25) is 0 Å². The minimum atomic E-state index is 0.284. The maximum Gasteiger partial charge on any atom is 0.0684 e. The largest absolute Gasteiger partial charge is 0.377 e. The molecule has 2 heteroatoms. The summed E-state index contributed by atoms with van der Waals surface area (Å²) >= 11 is 0. The van der Waals surface area contributed by atoms with E-state index in [1.165, 1.54) is 24.8 Å². The second kappa shape index (κ2) is 6.10. The molecule has 2 fully saturated rings. The second-order valence-electron chi connectivity index (χ2n) is 7.49. The van der Waals surface area contributed by atoms with E-state index in [2.05, 4.69) is 56.4 Å². The lowest BCUT2D eigenvalue weighted by atomic mass is 9.55. The van der Waals surface area contributed by atoms with Crippen LogP contribution in [0.15, 0.2) is 30.3 Å². The average molecular weight is 287 g/mol. The number of fused-ring (bicyclic) bond motifs is 1. The van der Waals surface area contributed by atoms with Crippen molar-refractivity contribution in [1.29, 1.82) is 0 Å². The zero-order chi connectivity index (χ0) is 14.9. The van der Waals surface area contributed by atoms with Crippen LogP contribution in [0.25, 0.3) is 0 Å². The second-order valence-corrected chi connectivity index (χ2v) is 7.49. The van der Waals surface area contributed by atoms with Crippen LogP contribution in [0.3, 0.4) is 0 Å². The average Bonchev–Trinajstić information content (AvgIpc) is 2.51. The minimum Gasteiger partial charge on any atom is -0.377 e. The lowest BCUT2D eigenvalue weighted by Gasteiger charge is -2.60. The Morgan fingerprint density at radius 3 is 2.81 bits per heavy atom. The van der Waals surface area contributed by atoms with Gasteiger partial charge in [0.05, 0.1) is 6.10 Å². The van der Waals surface area contributed by atoms with Gasteiger partial charge in [0.25, 0.3) is 0 Å². The predicted molar refractivity (Wildman–Crippen MR) is 87.4 cm³/mol. The minimum absolute atomic E-state index is 0.284. The van der Waals surface area contributed by atoms with E-state index in [4.69, 9.17) is 4.74 Å². The molecule has 0 radical (unpaired) electrons. The standard InChI is InChI=1S/C19H29NO/c1-14(11-12-15-8-5-4-6-9-15)20-17-16-10-7-13-21-18(16)19(17,2)3/h4-6,8-9,14,16-18,20H,7,10-13H2,1-3H3. The molecule has 1 saturated heterocycles. The Morgan fingerprint density at radius 2 is 2.05 bits per heavy atom. The van der Waals surface area contributed by atoms with Gasteiger partial charge in [-0.3, -0.25) is 0 Å². The molecule has 0 bridgehead atoms. The Hall–Kier alpha value is -0.860. The molecule has 1 saturated carbocycles. The maximum absolute atomic E-state index is 5.99. The van der Waals surface area contributed by atoms with Crippen LogP contribution in [0, 0.1) is 11.3 Å². The van der Waals surface area contributed by atoms with E-state index in [9.17, 15) is 0 Å². The van der Waals surface area contributed by atoms with E-state index in [0.717, 1.165) is 18.9 Å². The first-order chi connectivity index (χ1) is 10.1. The molecule has 116 valence electrons. The van der Waals surface area contributed by atoms with E-state index < -0.39 is 0 Å². The number of ether oxygens (including phenoxy) is 1. The van der Waals surface area contributed by atoms with Crippen molar-refractivity contribution in [2.75, 3.05) is 6.61 Å². The highest BCUT2D eigenvalue weighted by Crippen LogP contribution is 2.51. The third-order valence-corrected chi connectivity index (χ3v) is 5.50. The third-order valence-electron chi connectivity index (χ3n) is 5.50. The van der Waals surface area contributed by atoms with Crippen LogP contribution in [0.5, 0.6) is 0 Å². The molecule has 3 rings (SSSR count). The third kappa shape index (κ3) is 3.02. The molecule has 2 aliphatic rings. The van der Waals surface area contributed by atoms with Crippen molar-refractivity contribution in [2.45, 2.75) is 64.6 Å². The summed E-state index contributed by atoms with van der Waals surface area (Å²) in [6.45, 7) is 8.01. The van der Waals surface area contributed by atoms with E-state index >= 15 is 0 Å². The molecule has 1 heterocycles. The van der Waals surface area contributed by atoms with Crippen LogP contribution in [-0.4, -0.2) is 24.8 Å². The summed E-state index contributed by atoms with van der Waals surface area (Å²) in [6.07, 6.45) is 5.40. The Labute approximate surface area is 129 Å². The van der Waals surface area contributed by atoms with Crippen LogP contribution in [0.1, 0.15) is 45.6 Å². The van der Waals surface area contributed by atoms with Crippen molar-refractivity contribution in [2.24, 2.45) is 11.3 Å². The van der Waals surface area contributed by atoms with Crippen LogP contribution >= 0.6 is 0 Å². The van der Waals surface area contributed by atoms with Gasteiger partial charge in [0.1, 0.15) is 0 Å². The van der Waals surface area contributed by atoms with Gasteiger partial charge in [-0.1, -0.05) is 44.2 Å². The summed E-state index contributed by atoms with van der Waals surface area (Å²) in [6, 6.07) is 12.0. The van der Waals surface area contributed by atoms with E-state index in [-0.39, 0.29) is 5.41 Å². The molecule has 1 aliphatic carbocycles. The first kappa shape index (κ1) is 15.1. The Morgan fingerprint density at radius 1 is 1.29 bits per heavy atom. The fourth-order valence-electron chi connectivity index (χ4n) is 4.28. The normalized spacial score (nSPS) is 32.0. The SMILES string of the molecule is CC(CCc1ccccc1)NC1C2CCCOC2C1(C)C. The molecule has 4 unspecified atom stereocenters. The fraction of sp³-hybridized carbons (Fsp3) is 0.684. The molecule has 1 aliphatic heterocycles. The summed E-state index contributed by atoms with van der Waals surface area (Å²) in [7, 11) is 0. The van der Waals surface area contributed by atoms with Gasteiger partial charge in [-0.05, 0) is 38.2 Å². The van der Waals surface area contributed by atoms with Crippen molar-refractivity contribution < 1.29 is 4.74 Å². The number of nitrogens with one attached hydrogen (secondary N) is 1. The van der Waals surface area contributed by atoms with Gasteiger partial charge in [0, 0.05) is 30.0 Å². The highest BCUT2D eigenvalue weighted by molar-refractivity contribution is 5.15. The zero-order valence-corrected chi connectivity index (χ0v) is 13.6. The molecular weight excluding hydrogens is 258 g/mol. The van der Waals surface area contributed by atoms with Crippen LogP contribution < -0.4 is 5.32 Å². The van der Waals surface area contributed by atoms with E-state index in [0.29, 0.717) is 18.2 Å². The summed E-state index contributed by atoms with van der Waals surface area (Å²) in [5, 5.41) is 3.90. The highest BCUT2D eigenvalue weighted by atomic mass is 16.5. The number of rotatable bonds is 5. The summed E-state index contributed by atoms with van der Waals surface area (Å²) in [5.74, 6) is 0.730. The summed E-state index contributed by atoms with van der Waals surface area (Å²) < 4.78 is 5.99. The van der Waals surface area contributed by atoms with Crippen molar-refractivity contribution in [3.05, 3.63) is 35.9 Å². The van der Waals surface area contributed by atoms with Gasteiger partial charge < -0.3 is 10.1 Å². The van der Waals surface area contributed by atoms with Crippen LogP contribution in [-0.2, 0) is 11.2 Å². The molecule has 1 aromatic rings. The van der Waals surface area contributed by atoms with Gasteiger partial charge in [0.2, 0.25) is 0 Å². The first-order valence-corrected chi connectivity index (χ1v) is 8.50. The predicted octanol–water partition coefficient (Wildman–Crippen LogP) is 3.80. The number of benzene rings is 1. The monoisotopic (exact) mass is 287 g/mol. The molecule has 2 nitrogen and oxygen atoms in total. The molecule has 4 atom stereocenters. The van der Waals surface area contributed by atoms with Crippen molar-refractivity contribution in [3.63, 3.8) is 0 Å². The zero-order valence-electron chi connectivity index (χ0n) is 13.6. The Bertz CT molecular complexity index is 456. The molecule has 0 amide bonds. The maximum atomic E-state index is 5.99. The highest BCUT2D eigenvalue weighted by Gasteiger charge is 2.57. The van der Waals surface area contributed by atoms with Gasteiger partial charge in [0.15, 0.2) is 0 Å². The molecule has 0 spiro atoms. The molecular formula is C19H29NO. The summed E-state index contributed by atoms with van der Waals surface area (Å²) in [4.78, 5) is 0. The van der Waals surface area contributed by atoms with E-state index in [1.54, 1.807) is 0 Å². The van der Waals surface area contributed by atoms with Crippen molar-refractivity contribution in [1.82, 2.24) is 5.32 Å². The first-order valence-electron chi connectivity index (χ1n) is 8.50.